The fourth-order valence-corrected chi connectivity index (χ4v) is 2.93. The number of ether oxygens (including phenoxy) is 2. The summed E-state index contributed by atoms with van der Waals surface area (Å²) in [6.07, 6.45) is 2.49. The maximum Gasteiger partial charge on any atom is 0.191 e. The molecule has 0 aliphatic heterocycles. The van der Waals surface area contributed by atoms with Gasteiger partial charge in [0.25, 0.3) is 0 Å². The average Bonchev–Trinajstić information content (AvgIpc) is 2.77. The van der Waals surface area contributed by atoms with Crippen LogP contribution >= 0.6 is 0 Å². The molecule has 3 N–H and O–H groups in total. The molecule has 0 aromatic heterocycles. The molecule has 1 unspecified atom stereocenters. The van der Waals surface area contributed by atoms with E-state index in [2.05, 4.69) is 27.8 Å². The van der Waals surface area contributed by atoms with E-state index >= 15 is 0 Å². The van der Waals surface area contributed by atoms with Crippen molar-refractivity contribution in [3.8, 4) is 11.5 Å². The van der Waals surface area contributed by atoms with Crippen LogP contribution in [0.4, 0.5) is 0 Å². The van der Waals surface area contributed by atoms with Crippen molar-refractivity contribution in [3.63, 3.8) is 0 Å². The number of guanidine groups is 1. The van der Waals surface area contributed by atoms with Crippen molar-refractivity contribution in [1.29, 1.82) is 0 Å². The fourth-order valence-electron chi connectivity index (χ4n) is 2.93. The zero-order valence-electron chi connectivity index (χ0n) is 17.6. The molecule has 0 bridgehead atoms. The van der Waals surface area contributed by atoms with Gasteiger partial charge in [-0.15, -0.1) is 0 Å². The van der Waals surface area contributed by atoms with Crippen molar-refractivity contribution in [1.82, 2.24) is 10.6 Å². The molecule has 2 aromatic carbocycles. The number of aryl methyl sites for hydroxylation is 1. The maximum atomic E-state index is 10.4. The van der Waals surface area contributed by atoms with Crippen LogP contribution in [0, 0.1) is 0 Å². The number of benzene rings is 2. The molecule has 6 heteroatoms. The van der Waals surface area contributed by atoms with Gasteiger partial charge in [-0.25, -0.2) is 0 Å². The SMILES string of the molecule is CCNC(=NCC(O)c1cccc(OC)c1)NCCCCc1ccc(OC)cc1. The van der Waals surface area contributed by atoms with Gasteiger partial charge in [0.1, 0.15) is 11.5 Å². The number of rotatable bonds is 11. The van der Waals surface area contributed by atoms with E-state index in [0.29, 0.717) is 0 Å². The first-order valence-corrected chi connectivity index (χ1v) is 10.1. The van der Waals surface area contributed by atoms with Crippen LogP contribution in [-0.2, 0) is 6.42 Å². The third-order valence-corrected chi connectivity index (χ3v) is 4.59. The Morgan fingerprint density at radius 1 is 1.00 bits per heavy atom. The predicted octanol–water partition coefficient (Wildman–Crippen LogP) is 3.32. The normalized spacial score (nSPS) is 12.3. The monoisotopic (exact) mass is 399 g/mol. The van der Waals surface area contributed by atoms with E-state index in [4.69, 9.17) is 9.47 Å². The van der Waals surface area contributed by atoms with Crippen LogP contribution < -0.4 is 20.1 Å². The third-order valence-electron chi connectivity index (χ3n) is 4.59. The van der Waals surface area contributed by atoms with Gasteiger partial charge in [-0.05, 0) is 61.6 Å². The number of aliphatic hydroxyl groups excluding tert-OH is 1. The molecule has 158 valence electrons. The van der Waals surface area contributed by atoms with Gasteiger partial charge in [0, 0.05) is 13.1 Å². The van der Waals surface area contributed by atoms with Gasteiger partial charge >= 0.3 is 0 Å². The molecule has 0 fully saturated rings. The van der Waals surface area contributed by atoms with Gasteiger partial charge in [0.2, 0.25) is 0 Å². The summed E-state index contributed by atoms with van der Waals surface area (Å²) in [7, 11) is 3.30. The molecule has 0 radical (unpaired) electrons. The van der Waals surface area contributed by atoms with E-state index in [1.807, 2.05) is 43.3 Å². The minimum Gasteiger partial charge on any atom is -0.497 e. The molecule has 0 saturated heterocycles. The van der Waals surface area contributed by atoms with Gasteiger partial charge in [0.05, 0.1) is 26.9 Å². The highest BCUT2D eigenvalue weighted by Crippen LogP contribution is 2.19. The molecule has 1 atom stereocenters. The van der Waals surface area contributed by atoms with Gasteiger partial charge in [-0.2, -0.15) is 0 Å². The molecular weight excluding hydrogens is 366 g/mol. The zero-order chi connectivity index (χ0) is 20.9. The van der Waals surface area contributed by atoms with E-state index in [1.54, 1.807) is 14.2 Å². The molecule has 2 aromatic rings. The molecule has 0 heterocycles. The van der Waals surface area contributed by atoms with Crippen LogP contribution in [0.1, 0.15) is 37.0 Å². The summed E-state index contributed by atoms with van der Waals surface area (Å²) in [6.45, 7) is 3.91. The summed E-state index contributed by atoms with van der Waals surface area (Å²) in [6, 6.07) is 15.6. The Hall–Kier alpha value is -2.73. The van der Waals surface area contributed by atoms with Crippen LogP contribution in [0.3, 0.4) is 0 Å². The van der Waals surface area contributed by atoms with Crippen molar-refractivity contribution in [2.24, 2.45) is 4.99 Å². The van der Waals surface area contributed by atoms with Crippen molar-refractivity contribution < 1.29 is 14.6 Å². The number of hydrogen-bond acceptors (Lipinski definition) is 4. The molecule has 0 aliphatic rings. The van der Waals surface area contributed by atoms with Crippen molar-refractivity contribution >= 4 is 5.96 Å². The number of hydrogen-bond donors (Lipinski definition) is 3. The highest BCUT2D eigenvalue weighted by Gasteiger charge is 2.08. The van der Waals surface area contributed by atoms with Crippen LogP contribution in [0.5, 0.6) is 11.5 Å². The second-order valence-corrected chi connectivity index (χ2v) is 6.74. The molecule has 0 amide bonds. The molecule has 6 nitrogen and oxygen atoms in total. The number of unbranched alkanes of at least 4 members (excludes halogenated alkanes) is 1. The van der Waals surface area contributed by atoms with Crippen molar-refractivity contribution in [2.75, 3.05) is 33.9 Å². The number of nitrogens with one attached hydrogen (secondary N) is 2. The van der Waals surface area contributed by atoms with Gasteiger partial charge in [-0.3, -0.25) is 4.99 Å². The van der Waals surface area contributed by atoms with E-state index in [0.717, 1.165) is 55.4 Å². The van der Waals surface area contributed by atoms with E-state index < -0.39 is 6.10 Å². The van der Waals surface area contributed by atoms with E-state index in [-0.39, 0.29) is 6.54 Å². The lowest BCUT2D eigenvalue weighted by Crippen LogP contribution is -2.38. The maximum absolute atomic E-state index is 10.4. The topological polar surface area (TPSA) is 75.1 Å². The zero-order valence-corrected chi connectivity index (χ0v) is 17.6. The highest BCUT2D eigenvalue weighted by atomic mass is 16.5. The standard InChI is InChI=1S/C23H33N3O3/c1-4-24-23(26-17-22(27)19-9-7-10-21(16-19)29-3)25-15-6-5-8-18-11-13-20(28-2)14-12-18/h7,9-14,16,22,27H,4-6,8,15,17H2,1-3H3,(H2,24,25,26). The highest BCUT2D eigenvalue weighted by molar-refractivity contribution is 5.79. The lowest BCUT2D eigenvalue weighted by molar-refractivity contribution is 0.186. The number of aliphatic hydroxyl groups is 1. The van der Waals surface area contributed by atoms with Crippen LogP contribution in [0.15, 0.2) is 53.5 Å². The molecule has 0 spiro atoms. The Labute approximate surface area is 174 Å². The summed E-state index contributed by atoms with van der Waals surface area (Å²) < 4.78 is 10.4. The molecule has 29 heavy (non-hydrogen) atoms. The Kier molecular flexibility index (Phi) is 9.86. The van der Waals surface area contributed by atoms with Gasteiger partial charge in [0.15, 0.2) is 5.96 Å². The lowest BCUT2D eigenvalue weighted by Gasteiger charge is -2.14. The summed E-state index contributed by atoms with van der Waals surface area (Å²) in [5, 5.41) is 17.0. The van der Waals surface area contributed by atoms with Crippen LogP contribution in [0.2, 0.25) is 0 Å². The summed E-state index contributed by atoms with van der Waals surface area (Å²) in [5.74, 6) is 2.34. The second-order valence-electron chi connectivity index (χ2n) is 6.74. The Balaban J connectivity index is 1.76. The summed E-state index contributed by atoms with van der Waals surface area (Å²) in [5.41, 5.74) is 2.11. The largest absolute Gasteiger partial charge is 0.497 e. The van der Waals surface area contributed by atoms with E-state index in [1.165, 1.54) is 5.56 Å². The Bertz CT molecular complexity index is 747. The first-order chi connectivity index (χ1) is 14.2. The first kappa shape index (κ1) is 22.6. The Morgan fingerprint density at radius 2 is 1.76 bits per heavy atom. The average molecular weight is 400 g/mol. The summed E-state index contributed by atoms with van der Waals surface area (Å²) in [4.78, 5) is 4.51. The minimum absolute atomic E-state index is 0.286. The summed E-state index contributed by atoms with van der Waals surface area (Å²) >= 11 is 0. The predicted molar refractivity (Wildman–Crippen MR) is 118 cm³/mol. The molecule has 0 aliphatic carbocycles. The van der Waals surface area contributed by atoms with E-state index in [9.17, 15) is 5.11 Å². The second kappa shape index (κ2) is 12.7. The first-order valence-electron chi connectivity index (χ1n) is 10.1. The van der Waals surface area contributed by atoms with Crippen LogP contribution in [0.25, 0.3) is 0 Å². The quantitative estimate of drug-likeness (QED) is 0.307. The lowest BCUT2D eigenvalue weighted by atomic mass is 10.1. The van der Waals surface area contributed by atoms with Crippen molar-refractivity contribution in [2.45, 2.75) is 32.3 Å². The molecule has 0 saturated carbocycles. The minimum atomic E-state index is -0.671. The van der Waals surface area contributed by atoms with Gasteiger partial charge < -0.3 is 25.2 Å². The van der Waals surface area contributed by atoms with Crippen molar-refractivity contribution in [3.05, 3.63) is 59.7 Å². The van der Waals surface area contributed by atoms with Gasteiger partial charge in [-0.1, -0.05) is 24.3 Å². The fraction of sp³-hybridized carbons (Fsp3) is 0.435. The van der Waals surface area contributed by atoms with Crippen LogP contribution in [-0.4, -0.2) is 44.9 Å². The Morgan fingerprint density at radius 3 is 2.45 bits per heavy atom. The molecule has 2 rings (SSSR count). The third kappa shape index (κ3) is 8.03. The smallest absolute Gasteiger partial charge is 0.191 e. The number of aliphatic imine (C=N–C) groups is 1. The number of methoxy groups -OCH3 is 2. The molecular formula is C23H33N3O3. The number of nitrogens with zero attached hydrogens (tertiary/aromatic N) is 1.